The van der Waals surface area contributed by atoms with Crippen molar-refractivity contribution in [1.82, 2.24) is 19.6 Å². The average Bonchev–Trinajstić information content (AvgIpc) is 3.53. The molecular weight excluding hydrogens is 499 g/mol. The highest BCUT2D eigenvalue weighted by atomic mass is 32.2. The van der Waals surface area contributed by atoms with Crippen LogP contribution in [-0.4, -0.2) is 67.3 Å². The lowest BCUT2D eigenvalue weighted by Crippen LogP contribution is -2.50. The molecule has 200 valence electrons. The molecule has 2 aromatic rings. The summed E-state index contributed by atoms with van der Waals surface area (Å²) >= 11 is 0. The molecule has 11 heteroatoms. The van der Waals surface area contributed by atoms with Gasteiger partial charge in [-0.05, 0) is 50.5 Å². The van der Waals surface area contributed by atoms with E-state index in [2.05, 4.69) is 14.7 Å². The Bertz CT molecular complexity index is 1220. The van der Waals surface area contributed by atoms with Crippen LogP contribution < -0.4 is 4.72 Å². The Morgan fingerprint density at radius 1 is 1.22 bits per heavy atom. The van der Waals surface area contributed by atoms with Crippen molar-refractivity contribution in [2.75, 3.05) is 13.7 Å². The van der Waals surface area contributed by atoms with Gasteiger partial charge in [-0.1, -0.05) is 30.3 Å². The van der Waals surface area contributed by atoms with E-state index < -0.39 is 34.0 Å². The summed E-state index contributed by atoms with van der Waals surface area (Å²) in [4.78, 5) is 22.6. The molecule has 1 aromatic carbocycles. The number of rotatable bonds is 8. The van der Waals surface area contributed by atoms with Crippen LogP contribution in [0.3, 0.4) is 0 Å². The predicted molar refractivity (Wildman–Crippen MR) is 133 cm³/mol. The SMILES string of the molecule is COC(=O)N1[C@H](C)C[C@H](NS(=O)(=O)Cc2ccccc2)[C@@H]1CO[C@H]1CC[C@@]2(c3ncc(F)cn3)C[C@H]2C1. The molecule has 6 atom stereocenters. The Kier molecular flexibility index (Phi) is 7.21. The molecule has 2 heterocycles. The van der Waals surface area contributed by atoms with Crippen LogP contribution >= 0.6 is 0 Å². The van der Waals surface area contributed by atoms with Crippen molar-refractivity contribution in [1.29, 1.82) is 0 Å². The lowest BCUT2D eigenvalue weighted by atomic mass is 9.86. The largest absolute Gasteiger partial charge is 0.453 e. The maximum atomic E-state index is 13.3. The van der Waals surface area contributed by atoms with E-state index in [1.54, 1.807) is 29.2 Å². The van der Waals surface area contributed by atoms with Gasteiger partial charge in [0.2, 0.25) is 10.0 Å². The molecule has 2 saturated carbocycles. The fourth-order valence-corrected chi connectivity index (χ4v) is 7.59. The predicted octanol–water partition coefficient (Wildman–Crippen LogP) is 3.16. The second-order valence-electron chi connectivity index (χ2n) is 10.5. The highest BCUT2D eigenvalue weighted by molar-refractivity contribution is 7.88. The number of nitrogens with one attached hydrogen (secondary N) is 1. The molecule has 1 saturated heterocycles. The highest BCUT2D eigenvalue weighted by Crippen LogP contribution is 2.61. The van der Waals surface area contributed by atoms with Gasteiger partial charge in [-0.15, -0.1) is 0 Å². The molecule has 2 aliphatic carbocycles. The number of likely N-dealkylation sites (tertiary alicyclic amines) is 1. The number of ether oxygens (including phenoxy) is 2. The summed E-state index contributed by atoms with van der Waals surface area (Å²) in [5.41, 5.74) is 0.599. The van der Waals surface area contributed by atoms with Crippen LogP contribution in [-0.2, 0) is 30.7 Å². The number of fused-ring (bicyclic) bond motifs is 1. The van der Waals surface area contributed by atoms with Crippen molar-refractivity contribution >= 4 is 16.1 Å². The van der Waals surface area contributed by atoms with Crippen LogP contribution in [0.5, 0.6) is 0 Å². The van der Waals surface area contributed by atoms with Crippen molar-refractivity contribution in [3.05, 3.63) is 59.9 Å². The number of methoxy groups -OCH3 is 1. The van der Waals surface area contributed by atoms with Gasteiger partial charge in [0.25, 0.3) is 0 Å². The number of amides is 1. The quantitative estimate of drug-likeness (QED) is 0.556. The summed E-state index contributed by atoms with van der Waals surface area (Å²) < 4.78 is 53.4. The van der Waals surface area contributed by atoms with E-state index in [1.165, 1.54) is 19.5 Å². The van der Waals surface area contributed by atoms with Gasteiger partial charge in [0.05, 0.1) is 44.0 Å². The van der Waals surface area contributed by atoms with Gasteiger partial charge in [-0.25, -0.2) is 32.3 Å². The minimum Gasteiger partial charge on any atom is -0.453 e. The van der Waals surface area contributed by atoms with E-state index in [1.807, 2.05) is 13.0 Å². The van der Waals surface area contributed by atoms with Crippen molar-refractivity contribution < 1.29 is 27.1 Å². The first-order valence-corrected chi connectivity index (χ1v) is 14.4. The number of aromatic nitrogens is 2. The lowest BCUT2D eigenvalue weighted by Gasteiger charge is -2.32. The summed E-state index contributed by atoms with van der Waals surface area (Å²) in [5.74, 6) is 0.495. The third-order valence-electron chi connectivity index (χ3n) is 8.07. The molecule has 0 spiro atoms. The van der Waals surface area contributed by atoms with Crippen molar-refractivity contribution in [3.8, 4) is 0 Å². The standard InChI is InChI=1S/C26H33FN4O5S/c1-17-10-22(30-37(33,34)16-18-6-4-3-5-7-18)23(31(17)25(32)35-2)15-36-21-8-9-26(12-19(26)11-21)24-28-13-20(27)14-29-24/h3-7,13-14,17,19,21-23,30H,8-12,15-16H2,1-2H3/t17-,19-,21+,22+,23+,26-/m1/s1. The smallest absolute Gasteiger partial charge is 0.410 e. The van der Waals surface area contributed by atoms with Crippen molar-refractivity contribution in [2.45, 2.75) is 74.4 Å². The van der Waals surface area contributed by atoms with E-state index in [4.69, 9.17) is 9.47 Å². The topological polar surface area (TPSA) is 111 Å². The average molecular weight is 533 g/mol. The van der Waals surface area contributed by atoms with Gasteiger partial charge in [0, 0.05) is 17.5 Å². The van der Waals surface area contributed by atoms with Gasteiger partial charge in [0.15, 0.2) is 5.82 Å². The van der Waals surface area contributed by atoms with Crippen LogP contribution in [0.4, 0.5) is 9.18 Å². The maximum absolute atomic E-state index is 13.3. The number of carbonyl (C=O) groups excluding carboxylic acids is 1. The molecule has 1 aromatic heterocycles. The Labute approximate surface area is 216 Å². The number of halogens is 1. The fourth-order valence-electron chi connectivity index (χ4n) is 6.16. The Balaban J connectivity index is 1.23. The molecule has 9 nitrogen and oxygen atoms in total. The van der Waals surface area contributed by atoms with Crippen LogP contribution in [0.2, 0.25) is 0 Å². The normalized spacial score (nSPS) is 31.1. The van der Waals surface area contributed by atoms with Crippen molar-refractivity contribution in [2.24, 2.45) is 5.92 Å². The maximum Gasteiger partial charge on any atom is 0.410 e. The van der Waals surface area contributed by atoms with E-state index in [-0.39, 0.29) is 29.9 Å². The summed E-state index contributed by atoms with van der Waals surface area (Å²) in [7, 11) is -2.32. The number of hydrogen-bond donors (Lipinski definition) is 1. The molecule has 0 radical (unpaired) electrons. The number of carbonyl (C=O) groups is 1. The Morgan fingerprint density at radius 3 is 2.62 bits per heavy atom. The summed E-state index contributed by atoms with van der Waals surface area (Å²) in [6.07, 6.45) is 5.82. The van der Waals surface area contributed by atoms with Gasteiger partial charge < -0.3 is 9.47 Å². The first-order valence-electron chi connectivity index (χ1n) is 12.7. The zero-order valence-corrected chi connectivity index (χ0v) is 21.9. The number of sulfonamides is 1. The van der Waals surface area contributed by atoms with E-state index >= 15 is 0 Å². The Hall–Kier alpha value is -2.63. The molecule has 0 unspecified atom stereocenters. The molecule has 37 heavy (non-hydrogen) atoms. The van der Waals surface area contributed by atoms with E-state index in [0.717, 1.165) is 25.7 Å². The van der Waals surface area contributed by atoms with Gasteiger partial charge >= 0.3 is 6.09 Å². The van der Waals surface area contributed by atoms with E-state index in [9.17, 15) is 17.6 Å². The number of hydrogen-bond acceptors (Lipinski definition) is 7. The van der Waals surface area contributed by atoms with Crippen LogP contribution in [0.1, 0.15) is 50.4 Å². The number of benzene rings is 1. The lowest BCUT2D eigenvalue weighted by molar-refractivity contribution is -0.0103. The van der Waals surface area contributed by atoms with Gasteiger partial charge in [0.1, 0.15) is 5.82 Å². The third kappa shape index (κ3) is 5.49. The number of nitrogens with zero attached hydrogens (tertiary/aromatic N) is 3. The molecule has 1 aliphatic heterocycles. The van der Waals surface area contributed by atoms with E-state index in [0.29, 0.717) is 23.7 Å². The van der Waals surface area contributed by atoms with Crippen molar-refractivity contribution in [3.63, 3.8) is 0 Å². The fraction of sp³-hybridized carbons (Fsp3) is 0.577. The molecule has 0 bridgehead atoms. The molecule has 1 amide bonds. The van der Waals surface area contributed by atoms with Gasteiger partial charge in [-0.3, -0.25) is 4.90 Å². The molecule has 3 aliphatic rings. The minimum absolute atomic E-state index is 0.0157. The second-order valence-corrected chi connectivity index (χ2v) is 12.3. The second kappa shape index (κ2) is 10.3. The van der Waals surface area contributed by atoms with Crippen LogP contribution in [0.25, 0.3) is 0 Å². The Morgan fingerprint density at radius 2 is 1.95 bits per heavy atom. The third-order valence-corrected chi connectivity index (χ3v) is 9.44. The molecular formula is C26H33FN4O5S. The zero-order valence-electron chi connectivity index (χ0n) is 21.0. The first kappa shape index (κ1) is 26.0. The first-order chi connectivity index (χ1) is 17.7. The zero-order chi connectivity index (χ0) is 26.2. The molecule has 3 fully saturated rings. The van der Waals surface area contributed by atoms with Gasteiger partial charge in [-0.2, -0.15) is 0 Å². The molecule has 1 N–H and O–H groups in total. The monoisotopic (exact) mass is 532 g/mol. The van der Waals surface area contributed by atoms with Crippen LogP contribution in [0.15, 0.2) is 42.7 Å². The summed E-state index contributed by atoms with van der Waals surface area (Å²) in [6.45, 7) is 2.09. The summed E-state index contributed by atoms with van der Waals surface area (Å²) in [6, 6.07) is 7.82. The minimum atomic E-state index is -3.64. The molecule has 5 rings (SSSR count). The summed E-state index contributed by atoms with van der Waals surface area (Å²) in [5, 5.41) is 0. The van der Waals surface area contributed by atoms with Crippen LogP contribution in [0, 0.1) is 11.7 Å². The highest BCUT2D eigenvalue weighted by Gasteiger charge is 2.60.